The fourth-order valence-corrected chi connectivity index (χ4v) is 1.72. The van der Waals surface area contributed by atoms with Gasteiger partial charge in [0.05, 0.1) is 23.7 Å². The SMILES string of the molecule is CCNC(=O)CNc1ccc2cc(C#N)ccc2n1. The van der Waals surface area contributed by atoms with Crippen LogP contribution in [0.15, 0.2) is 30.3 Å². The Kier molecular flexibility index (Phi) is 3.94. The van der Waals surface area contributed by atoms with Crippen molar-refractivity contribution >= 4 is 22.6 Å². The highest BCUT2D eigenvalue weighted by Crippen LogP contribution is 2.16. The summed E-state index contributed by atoms with van der Waals surface area (Å²) in [5.41, 5.74) is 1.40. The summed E-state index contributed by atoms with van der Waals surface area (Å²) in [6.07, 6.45) is 0. The third-order valence-electron chi connectivity index (χ3n) is 2.62. The molecule has 0 aliphatic carbocycles. The predicted octanol–water partition coefficient (Wildman–Crippen LogP) is 1.65. The van der Waals surface area contributed by atoms with Gasteiger partial charge in [0.2, 0.25) is 5.91 Å². The molecule has 5 heteroatoms. The number of hydrogen-bond acceptors (Lipinski definition) is 4. The van der Waals surface area contributed by atoms with Crippen molar-refractivity contribution in [2.75, 3.05) is 18.4 Å². The first-order valence-corrected chi connectivity index (χ1v) is 6.04. The molecule has 2 rings (SSSR count). The first-order chi connectivity index (χ1) is 9.22. The Bertz CT molecular complexity index is 645. The maximum Gasteiger partial charge on any atom is 0.239 e. The molecular formula is C14H14N4O. The van der Waals surface area contributed by atoms with Crippen LogP contribution in [0.2, 0.25) is 0 Å². The number of amides is 1. The number of rotatable bonds is 4. The molecule has 1 heterocycles. The van der Waals surface area contributed by atoms with Gasteiger partial charge in [-0.15, -0.1) is 0 Å². The molecule has 19 heavy (non-hydrogen) atoms. The summed E-state index contributed by atoms with van der Waals surface area (Å²) in [4.78, 5) is 15.7. The van der Waals surface area contributed by atoms with Crippen molar-refractivity contribution in [3.05, 3.63) is 35.9 Å². The molecule has 2 aromatic rings. The third-order valence-corrected chi connectivity index (χ3v) is 2.62. The molecule has 2 N–H and O–H groups in total. The van der Waals surface area contributed by atoms with Gasteiger partial charge in [0.15, 0.2) is 0 Å². The van der Waals surface area contributed by atoms with Crippen LogP contribution in [0.5, 0.6) is 0 Å². The van der Waals surface area contributed by atoms with Crippen LogP contribution in [0, 0.1) is 11.3 Å². The number of carbonyl (C=O) groups is 1. The number of nitrogens with zero attached hydrogens (tertiary/aromatic N) is 2. The number of carbonyl (C=O) groups excluding carboxylic acids is 1. The second kappa shape index (κ2) is 5.83. The molecule has 0 spiro atoms. The molecule has 0 unspecified atom stereocenters. The Morgan fingerprint density at radius 1 is 1.37 bits per heavy atom. The minimum Gasteiger partial charge on any atom is -0.361 e. The zero-order valence-electron chi connectivity index (χ0n) is 10.6. The standard InChI is InChI=1S/C14H14N4O/c1-2-16-14(19)9-17-13-6-4-11-7-10(8-15)3-5-12(11)18-13/h3-7H,2,9H2,1H3,(H,16,19)(H,17,18). The van der Waals surface area contributed by atoms with Gasteiger partial charge >= 0.3 is 0 Å². The summed E-state index contributed by atoms with van der Waals surface area (Å²) in [6.45, 7) is 2.68. The first-order valence-electron chi connectivity index (χ1n) is 6.04. The molecule has 0 saturated heterocycles. The largest absolute Gasteiger partial charge is 0.361 e. The summed E-state index contributed by atoms with van der Waals surface area (Å²) < 4.78 is 0. The molecule has 0 radical (unpaired) electrons. The van der Waals surface area contributed by atoms with Gasteiger partial charge in [-0.25, -0.2) is 4.98 Å². The highest BCUT2D eigenvalue weighted by molar-refractivity contribution is 5.83. The van der Waals surface area contributed by atoms with Gasteiger partial charge in [-0.05, 0) is 37.3 Å². The molecule has 0 aliphatic rings. The van der Waals surface area contributed by atoms with E-state index >= 15 is 0 Å². The number of hydrogen-bond donors (Lipinski definition) is 2. The van der Waals surface area contributed by atoms with Crippen molar-refractivity contribution in [3.8, 4) is 6.07 Å². The minimum absolute atomic E-state index is 0.0655. The molecule has 1 aromatic heterocycles. The van der Waals surface area contributed by atoms with Gasteiger partial charge < -0.3 is 10.6 Å². The Balaban J connectivity index is 2.14. The van der Waals surface area contributed by atoms with E-state index in [1.54, 1.807) is 24.3 Å². The van der Waals surface area contributed by atoms with Gasteiger partial charge in [-0.3, -0.25) is 4.79 Å². The molecule has 0 saturated carbocycles. The van der Waals surface area contributed by atoms with E-state index in [-0.39, 0.29) is 12.5 Å². The average molecular weight is 254 g/mol. The third kappa shape index (κ3) is 3.19. The summed E-state index contributed by atoms with van der Waals surface area (Å²) in [6, 6.07) is 11.1. The highest BCUT2D eigenvalue weighted by Gasteiger charge is 2.02. The molecule has 0 fully saturated rings. The van der Waals surface area contributed by atoms with Crippen LogP contribution >= 0.6 is 0 Å². The van der Waals surface area contributed by atoms with E-state index in [1.807, 2.05) is 13.0 Å². The first kappa shape index (κ1) is 12.8. The Hall–Kier alpha value is -2.61. The van der Waals surface area contributed by atoms with Crippen LogP contribution in [-0.4, -0.2) is 24.0 Å². The number of aromatic nitrogens is 1. The number of pyridine rings is 1. The van der Waals surface area contributed by atoms with Crippen molar-refractivity contribution in [3.63, 3.8) is 0 Å². The van der Waals surface area contributed by atoms with E-state index in [0.29, 0.717) is 17.9 Å². The van der Waals surface area contributed by atoms with E-state index in [0.717, 1.165) is 10.9 Å². The zero-order chi connectivity index (χ0) is 13.7. The number of fused-ring (bicyclic) bond motifs is 1. The number of nitriles is 1. The van der Waals surface area contributed by atoms with Gasteiger partial charge in [0.25, 0.3) is 0 Å². The van der Waals surface area contributed by atoms with Crippen LogP contribution in [0.1, 0.15) is 12.5 Å². The zero-order valence-corrected chi connectivity index (χ0v) is 10.6. The fraction of sp³-hybridized carbons (Fsp3) is 0.214. The fourth-order valence-electron chi connectivity index (χ4n) is 1.72. The van der Waals surface area contributed by atoms with Crippen molar-refractivity contribution in [2.24, 2.45) is 0 Å². The van der Waals surface area contributed by atoms with E-state index in [1.165, 1.54) is 0 Å². The number of likely N-dealkylation sites (N-methyl/N-ethyl adjacent to an activating group) is 1. The van der Waals surface area contributed by atoms with E-state index in [9.17, 15) is 4.79 Å². The van der Waals surface area contributed by atoms with Crippen molar-refractivity contribution in [1.82, 2.24) is 10.3 Å². The van der Waals surface area contributed by atoms with Crippen molar-refractivity contribution < 1.29 is 4.79 Å². The maximum absolute atomic E-state index is 11.3. The molecule has 5 nitrogen and oxygen atoms in total. The average Bonchev–Trinajstić information content (AvgIpc) is 2.44. The quantitative estimate of drug-likeness (QED) is 0.869. The Morgan fingerprint density at radius 3 is 2.95 bits per heavy atom. The number of nitrogens with one attached hydrogen (secondary N) is 2. The monoisotopic (exact) mass is 254 g/mol. The van der Waals surface area contributed by atoms with Gasteiger partial charge in [0, 0.05) is 11.9 Å². The van der Waals surface area contributed by atoms with Crippen LogP contribution in [-0.2, 0) is 4.79 Å². The molecule has 0 aliphatic heterocycles. The summed E-state index contributed by atoms with van der Waals surface area (Å²) >= 11 is 0. The Labute approximate surface area is 111 Å². The molecule has 0 atom stereocenters. The second-order valence-corrected chi connectivity index (χ2v) is 4.02. The second-order valence-electron chi connectivity index (χ2n) is 4.02. The lowest BCUT2D eigenvalue weighted by Crippen LogP contribution is -2.29. The smallest absolute Gasteiger partial charge is 0.239 e. The van der Waals surface area contributed by atoms with E-state index < -0.39 is 0 Å². The number of anilines is 1. The maximum atomic E-state index is 11.3. The van der Waals surface area contributed by atoms with Crippen molar-refractivity contribution in [1.29, 1.82) is 5.26 Å². The lowest BCUT2D eigenvalue weighted by molar-refractivity contribution is -0.119. The summed E-state index contributed by atoms with van der Waals surface area (Å²) in [5.74, 6) is 0.577. The molecule has 96 valence electrons. The van der Waals surface area contributed by atoms with E-state index in [2.05, 4.69) is 21.7 Å². The lowest BCUT2D eigenvalue weighted by Gasteiger charge is -2.06. The predicted molar refractivity (Wildman–Crippen MR) is 73.6 cm³/mol. The van der Waals surface area contributed by atoms with Crippen LogP contribution in [0.3, 0.4) is 0 Å². The van der Waals surface area contributed by atoms with E-state index in [4.69, 9.17) is 5.26 Å². The molecule has 0 bridgehead atoms. The van der Waals surface area contributed by atoms with Crippen LogP contribution < -0.4 is 10.6 Å². The van der Waals surface area contributed by atoms with Gasteiger partial charge in [-0.2, -0.15) is 5.26 Å². The molecule has 1 amide bonds. The summed E-state index contributed by atoms with van der Waals surface area (Å²) in [7, 11) is 0. The molecular weight excluding hydrogens is 240 g/mol. The number of benzene rings is 1. The topological polar surface area (TPSA) is 77.8 Å². The van der Waals surface area contributed by atoms with Crippen LogP contribution in [0.25, 0.3) is 10.9 Å². The molecule has 1 aromatic carbocycles. The van der Waals surface area contributed by atoms with Crippen LogP contribution in [0.4, 0.5) is 5.82 Å². The van der Waals surface area contributed by atoms with Gasteiger partial charge in [0.1, 0.15) is 5.82 Å². The highest BCUT2D eigenvalue weighted by atomic mass is 16.1. The van der Waals surface area contributed by atoms with Gasteiger partial charge in [-0.1, -0.05) is 0 Å². The summed E-state index contributed by atoms with van der Waals surface area (Å²) in [5, 5.41) is 15.4. The normalized spacial score (nSPS) is 9.89. The minimum atomic E-state index is -0.0655. The lowest BCUT2D eigenvalue weighted by atomic mass is 10.1. The Morgan fingerprint density at radius 2 is 2.21 bits per heavy atom. The van der Waals surface area contributed by atoms with Crippen molar-refractivity contribution in [2.45, 2.75) is 6.92 Å².